The third-order valence-electron chi connectivity index (χ3n) is 5.13. The molecule has 0 aliphatic carbocycles. The molecule has 0 unspecified atom stereocenters. The number of hydrogen-bond acceptors (Lipinski definition) is 5. The van der Waals surface area contributed by atoms with Crippen LogP contribution in [0.4, 0.5) is 0 Å². The highest BCUT2D eigenvalue weighted by molar-refractivity contribution is 7.91. The lowest BCUT2D eigenvalue weighted by Crippen LogP contribution is -2.34. The fourth-order valence-corrected chi connectivity index (χ4v) is 4.84. The number of fused-ring (bicyclic) bond motifs is 1. The minimum atomic E-state index is -3.56. The van der Waals surface area contributed by atoms with Crippen LogP contribution in [-0.4, -0.2) is 48.6 Å². The molecule has 2 N–H and O–H groups in total. The summed E-state index contributed by atoms with van der Waals surface area (Å²) in [6.45, 7) is 3.42. The molecule has 0 saturated carbocycles. The normalized spacial score (nSPS) is 18.5. The van der Waals surface area contributed by atoms with Crippen molar-refractivity contribution in [2.75, 3.05) is 13.1 Å². The van der Waals surface area contributed by atoms with E-state index >= 15 is 0 Å². The lowest BCUT2D eigenvalue weighted by atomic mass is 9.85. The van der Waals surface area contributed by atoms with Gasteiger partial charge in [0.1, 0.15) is 0 Å². The zero-order valence-electron chi connectivity index (χ0n) is 14.5. The standard InChI is InChI=1S/C18H20BN3O3S/c1-19(23)22-9-8-14(12-22)13-2-4-16(5-3-13)26(24,25)17-6-7-18-15(10-17)11-20-21-18/h2-7,10-11,14,23H,8-9,12H2,1H3,(H,20,21)/t14-/m1/s1. The van der Waals surface area contributed by atoms with Gasteiger partial charge in [-0.3, -0.25) is 5.10 Å². The third-order valence-corrected chi connectivity index (χ3v) is 6.90. The second kappa shape index (κ2) is 6.53. The van der Waals surface area contributed by atoms with Gasteiger partial charge in [0, 0.05) is 5.39 Å². The van der Waals surface area contributed by atoms with E-state index in [-0.39, 0.29) is 9.79 Å². The van der Waals surface area contributed by atoms with Gasteiger partial charge in [-0.2, -0.15) is 5.10 Å². The Bertz CT molecular complexity index is 1030. The lowest BCUT2D eigenvalue weighted by molar-refractivity contribution is 0.420. The molecule has 1 aliphatic rings. The second-order valence-corrected chi connectivity index (χ2v) is 8.75. The summed E-state index contributed by atoms with van der Waals surface area (Å²) < 4.78 is 25.8. The molecule has 4 rings (SSSR count). The van der Waals surface area contributed by atoms with E-state index < -0.39 is 16.9 Å². The van der Waals surface area contributed by atoms with Crippen molar-refractivity contribution in [3.63, 3.8) is 0 Å². The van der Waals surface area contributed by atoms with Crippen LogP contribution in [0, 0.1) is 0 Å². The molecule has 2 aromatic carbocycles. The third kappa shape index (κ3) is 3.04. The Morgan fingerprint density at radius 3 is 2.62 bits per heavy atom. The summed E-state index contributed by atoms with van der Waals surface area (Å²) in [6, 6.07) is 12.1. The molecule has 26 heavy (non-hydrogen) atoms. The number of sulfone groups is 1. The van der Waals surface area contributed by atoms with Crippen LogP contribution in [0.5, 0.6) is 0 Å². The first-order valence-corrected chi connectivity index (χ1v) is 10.1. The minimum Gasteiger partial charge on any atom is -0.437 e. The van der Waals surface area contributed by atoms with Crippen molar-refractivity contribution in [1.29, 1.82) is 0 Å². The zero-order chi connectivity index (χ0) is 18.3. The van der Waals surface area contributed by atoms with Gasteiger partial charge in [-0.05, 0) is 68.1 Å². The molecule has 1 fully saturated rings. The highest BCUT2D eigenvalue weighted by Crippen LogP contribution is 2.30. The number of nitrogens with one attached hydrogen (secondary N) is 1. The molecule has 134 valence electrons. The monoisotopic (exact) mass is 369 g/mol. The van der Waals surface area contributed by atoms with Crippen molar-refractivity contribution in [2.45, 2.75) is 29.0 Å². The summed E-state index contributed by atoms with van der Waals surface area (Å²) in [6.07, 6.45) is 2.58. The van der Waals surface area contributed by atoms with Gasteiger partial charge in [0.25, 0.3) is 0 Å². The number of H-pyrrole nitrogens is 1. The number of aromatic nitrogens is 2. The van der Waals surface area contributed by atoms with E-state index in [4.69, 9.17) is 0 Å². The number of hydrogen-bond donors (Lipinski definition) is 2. The molecule has 1 atom stereocenters. The molecule has 6 nitrogen and oxygen atoms in total. The van der Waals surface area contributed by atoms with Gasteiger partial charge in [0.15, 0.2) is 0 Å². The minimum absolute atomic E-state index is 0.264. The Balaban J connectivity index is 1.59. The first-order chi connectivity index (χ1) is 12.4. The summed E-state index contributed by atoms with van der Waals surface area (Å²) in [7, 11) is -4.01. The molecule has 2 heterocycles. The van der Waals surface area contributed by atoms with Crippen LogP contribution in [0.25, 0.3) is 10.9 Å². The fourth-order valence-electron chi connectivity index (χ4n) is 3.54. The fraction of sp³-hybridized carbons (Fsp3) is 0.278. The quantitative estimate of drug-likeness (QED) is 0.690. The van der Waals surface area contributed by atoms with Crippen LogP contribution in [0.1, 0.15) is 17.9 Å². The molecule has 0 spiro atoms. The van der Waals surface area contributed by atoms with E-state index in [1.54, 1.807) is 43.4 Å². The van der Waals surface area contributed by atoms with Crippen molar-refractivity contribution in [1.82, 2.24) is 15.0 Å². The van der Waals surface area contributed by atoms with Gasteiger partial charge >= 0.3 is 7.05 Å². The second-order valence-electron chi connectivity index (χ2n) is 6.80. The lowest BCUT2D eigenvalue weighted by Gasteiger charge is -2.16. The summed E-state index contributed by atoms with van der Waals surface area (Å²) in [5, 5.41) is 17.2. The molecule has 3 aromatic rings. The topological polar surface area (TPSA) is 86.3 Å². The van der Waals surface area contributed by atoms with Gasteiger partial charge in [-0.1, -0.05) is 12.1 Å². The average Bonchev–Trinajstić information content (AvgIpc) is 3.30. The highest BCUT2D eigenvalue weighted by atomic mass is 32.2. The maximum atomic E-state index is 12.9. The summed E-state index contributed by atoms with van der Waals surface area (Å²) in [4.78, 5) is 2.57. The Kier molecular flexibility index (Phi) is 4.34. The summed E-state index contributed by atoms with van der Waals surface area (Å²) in [5.74, 6) is 0.323. The van der Waals surface area contributed by atoms with E-state index in [1.165, 1.54) is 0 Å². The van der Waals surface area contributed by atoms with Crippen LogP contribution in [0.15, 0.2) is 58.5 Å². The molecule has 0 radical (unpaired) electrons. The average molecular weight is 369 g/mol. The molecule has 0 bridgehead atoms. The van der Waals surface area contributed by atoms with Gasteiger partial charge in [-0.25, -0.2) is 8.42 Å². The van der Waals surface area contributed by atoms with Crippen molar-refractivity contribution < 1.29 is 13.4 Å². The Morgan fingerprint density at radius 2 is 1.92 bits per heavy atom. The molecule has 1 aliphatic heterocycles. The smallest absolute Gasteiger partial charge is 0.376 e. The van der Waals surface area contributed by atoms with E-state index in [1.807, 2.05) is 16.9 Å². The summed E-state index contributed by atoms with van der Waals surface area (Å²) >= 11 is 0. The SMILES string of the molecule is CB(O)N1CC[C@@H](c2ccc(S(=O)(=O)c3ccc4[nH]ncc4c3)cc2)C1. The van der Waals surface area contributed by atoms with Crippen molar-refractivity contribution in [2.24, 2.45) is 0 Å². The van der Waals surface area contributed by atoms with Gasteiger partial charge in [0.05, 0.1) is 21.5 Å². The van der Waals surface area contributed by atoms with Gasteiger partial charge < -0.3 is 9.83 Å². The Labute approximate surface area is 152 Å². The van der Waals surface area contributed by atoms with E-state index in [2.05, 4.69) is 10.2 Å². The van der Waals surface area contributed by atoms with Gasteiger partial charge in [0.2, 0.25) is 9.84 Å². The summed E-state index contributed by atoms with van der Waals surface area (Å²) in [5.41, 5.74) is 1.92. The molecule has 8 heteroatoms. The molecule has 1 saturated heterocycles. The molecule has 1 aromatic heterocycles. The van der Waals surface area contributed by atoms with Gasteiger partial charge in [-0.15, -0.1) is 0 Å². The van der Waals surface area contributed by atoms with Crippen molar-refractivity contribution in [3.8, 4) is 0 Å². The largest absolute Gasteiger partial charge is 0.437 e. The van der Waals surface area contributed by atoms with E-state index in [0.717, 1.165) is 36.0 Å². The van der Waals surface area contributed by atoms with Crippen molar-refractivity contribution >= 4 is 27.8 Å². The maximum absolute atomic E-state index is 12.9. The molecular weight excluding hydrogens is 349 g/mol. The predicted octanol–water partition coefficient (Wildman–Crippen LogP) is 2.30. The van der Waals surface area contributed by atoms with Crippen LogP contribution in [-0.2, 0) is 9.84 Å². The Hall–Kier alpha value is -2.16. The maximum Gasteiger partial charge on any atom is 0.376 e. The number of aromatic amines is 1. The molecular formula is C18H20BN3O3S. The van der Waals surface area contributed by atoms with Crippen LogP contribution in [0.3, 0.4) is 0 Å². The highest BCUT2D eigenvalue weighted by Gasteiger charge is 2.28. The predicted molar refractivity (Wildman–Crippen MR) is 101 cm³/mol. The Morgan fingerprint density at radius 1 is 1.19 bits per heavy atom. The van der Waals surface area contributed by atoms with E-state index in [9.17, 15) is 13.4 Å². The van der Waals surface area contributed by atoms with Crippen LogP contribution in [0.2, 0.25) is 6.82 Å². The number of nitrogens with zero attached hydrogens (tertiary/aromatic N) is 2. The number of rotatable bonds is 4. The number of benzene rings is 2. The van der Waals surface area contributed by atoms with Crippen LogP contribution < -0.4 is 0 Å². The van der Waals surface area contributed by atoms with E-state index in [0.29, 0.717) is 5.92 Å². The molecule has 0 amide bonds. The first-order valence-electron chi connectivity index (χ1n) is 8.65. The zero-order valence-corrected chi connectivity index (χ0v) is 15.3. The van der Waals surface area contributed by atoms with Crippen LogP contribution >= 0.6 is 0 Å². The first kappa shape index (κ1) is 17.3. The van der Waals surface area contributed by atoms with Crippen molar-refractivity contribution in [3.05, 3.63) is 54.2 Å².